The number of halogens is 1. The van der Waals surface area contributed by atoms with Crippen LogP contribution in [-0.4, -0.2) is 16.5 Å². The van der Waals surface area contributed by atoms with Crippen molar-refractivity contribution in [3.8, 4) is 6.07 Å². The van der Waals surface area contributed by atoms with E-state index >= 15 is 0 Å². The Morgan fingerprint density at radius 2 is 2.29 bits per heavy atom. The smallest absolute Gasteiger partial charge is 0.318 e. The highest BCUT2D eigenvalue weighted by molar-refractivity contribution is 14.1. The summed E-state index contributed by atoms with van der Waals surface area (Å²) >= 11 is 2.13. The third-order valence-corrected chi connectivity index (χ3v) is 5.56. The Bertz CT molecular complexity index is 339. The number of nitriles is 1. The molecule has 3 nitrogen and oxygen atoms in total. The first-order valence-corrected chi connectivity index (χ1v) is 7.60. The lowest BCUT2D eigenvalue weighted by molar-refractivity contribution is -0.144. The van der Waals surface area contributed by atoms with Crippen molar-refractivity contribution in [2.45, 2.75) is 36.5 Å². The van der Waals surface area contributed by atoms with Crippen LogP contribution in [0.3, 0.4) is 0 Å². The maximum atomic E-state index is 11.6. The lowest BCUT2D eigenvalue weighted by Crippen LogP contribution is -2.26. The summed E-state index contributed by atoms with van der Waals surface area (Å²) < 4.78 is 5.34. The van der Waals surface area contributed by atoms with E-state index in [2.05, 4.69) is 28.7 Å². The molecule has 0 aromatic heterocycles. The van der Waals surface area contributed by atoms with Gasteiger partial charge in [-0.2, -0.15) is 5.26 Å². The topological polar surface area (TPSA) is 50.1 Å². The van der Waals surface area contributed by atoms with Crippen molar-refractivity contribution in [2.75, 3.05) is 6.61 Å². The van der Waals surface area contributed by atoms with Crippen molar-refractivity contribution < 1.29 is 9.53 Å². The van der Waals surface area contributed by atoms with Crippen LogP contribution in [-0.2, 0) is 9.53 Å². The maximum Gasteiger partial charge on any atom is 0.318 e. The van der Waals surface area contributed by atoms with Crippen molar-refractivity contribution in [3.05, 3.63) is 0 Å². The van der Waals surface area contributed by atoms with Crippen LogP contribution in [0, 0.1) is 35.0 Å². The van der Waals surface area contributed by atoms with E-state index < -0.39 is 0 Å². The van der Waals surface area contributed by atoms with Crippen molar-refractivity contribution >= 4 is 28.6 Å². The van der Waals surface area contributed by atoms with E-state index in [1.807, 2.05) is 6.92 Å². The first-order valence-electron chi connectivity index (χ1n) is 6.36. The summed E-state index contributed by atoms with van der Waals surface area (Å²) in [5.74, 6) is 1.73. The Kier molecular flexibility index (Phi) is 4.29. The van der Waals surface area contributed by atoms with E-state index in [0.29, 0.717) is 24.4 Å². The number of hydrogen-bond donors (Lipinski definition) is 0. The number of hydrogen-bond acceptors (Lipinski definition) is 3. The monoisotopic (exact) mass is 347 g/mol. The fourth-order valence-electron chi connectivity index (χ4n) is 3.28. The van der Waals surface area contributed by atoms with Gasteiger partial charge in [0.25, 0.3) is 0 Å². The summed E-state index contributed by atoms with van der Waals surface area (Å²) in [4.78, 5) is 11.6. The van der Waals surface area contributed by atoms with Gasteiger partial charge in [-0.05, 0) is 43.4 Å². The summed E-state index contributed by atoms with van der Waals surface area (Å²) in [7, 11) is 0. The van der Waals surface area contributed by atoms with Gasteiger partial charge in [0.1, 0.15) is 3.92 Å². The maximum absolute atomic E-state index is 11.6. The first-order chi connectivity index (χ1) is 8.15. The molecule has 0 saturated heterocycles. The van der Waals surface area contributed by atoms with Crippen molar-refractivity contribution in [2.24, 2.45) is 23.7 Å². The molecule has 2 fully saturated rings. The van der Waals surface area contributed by atoms with Crippen LogP contribution >= 0.6 is 22.6 Å². The summed E-state index contributed by atoms with van der Waals surface area (Å²) in [6, 6.07) is 2.40. The molecule has 2 aliphatic rings. The number of esters is 1. The zero-order valence-corrected chi connectivity index (χ0v) is 12.2. The molecule has 0 aliphatic heterocycles. The molecule has 5 atom stereocenters. The molecule has 2 rings (SSSR count). The van der Waals surface area contributed by atoms with E-state index in [0.717, 1.165) is 19.3 Å². The number of carbonyl (C=O) groups is 1. The SMILES string of the molecule is CCC(I)C(=O)OCC1CC2CC(C#N)C1C2. The number of carbonyl (C=O) groups excluding carboxylic acids is 1. The minimum atomic E-state index is -0.0932. The van der Waals surface area contributed by atoms with Crippen LogP contribution in [0.25, 0.3) is 0 Å². The molecule has 2 aliphatic carbocycles. The first kappa shape index (κ1) is 13.1. The lowest BCUT2D eigenvalue weighted by Gasteiger charge is -2.25. The van der Waals surface area contributed by atoms with Crippen molar-refractivity contribution in [3.63, 3.8) is 0 Å². The molecule has 0 N–H and O–H groups in total. The molecule has 0 heterocycles. The molecule has 5 unspecified atom stereocenters. The van der Waals surface area contributed by atoms with Gasteiger partial charge >= 0.3 is 5.97 Å². The normalized spacial score (nSPS) is 36.5. The lowest BCUT2D eigenvalue weighted by atomic mass is 9.82. The van der Waals surface area contributed by atoms with Crippen LogP contribution in [0.2, 0.25) is 0 Å². The average molecular weight is 347 g/mol. The van der Waals surface area contributed by atoms with Gasteiger partial charge in [0.15, 0.2) is 0 Å². The van der Waals surface area contributed by atoms with E-state index in [4.69, 9.17) is 10.00 Å². The third-order valence-electron chi connectivity index (χ3n) is 4.17. The molecule has 17 heavy (non-hydrogen) atoms. The summed E-state index contributed by atoms with van der Waals surface area (Å²) in [6.45, 7) is 2.51. The van der Waals surface area contributed by atoms with Crippen molar-refractivity contribution in [1.29, 1.82) is 5.26 Å². The Labute approximate surface area is 116 Å². The van der Waals surface area contributed by atoms with Crippen molar-refractivity contribution in [1.82, 2.24) is 0 Å². The number of alkyl halides is 1. The van der Waals surface area contributed by atoms with E-state index in [-0.39, 0.29) is 15.8 Å². The number of fused-ring (bicyclic) bond motifs is 2. The molecule has 0 aromatic rings. The van der Waals surface area contributed by atoms with Crippen LogP contribution < -0.4 is 0 Å². The van der Waals surface area contributed by atoms with Gasteiger partial charge < -0.3 is 4.74 Å². The van der Waals surface area contributed by atoms with E-state index in [1.54, 1.807) is 0 Å². The zero-order chi connectivity index (χ0) is 12.4. The van der Waals surface area contributed by atoms with Gasteiger partial charge in [-0.25, -0.2) is 0 Å². The molecule has 0 spiro atoms. The molecule has 2 saturated carbocycles. The quantitative estimate of drug-likeness (QED) is 0.446. The molecule has 4 heteroatoms. The largest absolute Gasteiger partial charge is 0.465 e. The van der Waals surface area contributed by atoms with Gasteiger partial charge in [0, 0.05) is 5.92 Å². The standard InChI is InChI=1S/C13H18INO2/c1-2-12(14)13(16)17-7-10-4-8-3-9(6-15)11(10)5-8/h8-12H,2-5,7H2,1H3. The third kappa shape index (κ3) is 2.75. The Morgan fingerprint density at radius 1 is 1.53 bits per heavy atom. The highest BCUT2D eigenvalue weighted by Crippen LogP contribution is 2.51. The van der Waals surface area contributed by atoms with Gasteiger partial charge in [-0.1, -0.05) is 29.5 Å². The minimum absolute atomic E-state index is 0.0297. The molecule has 2 bridgehead atoms. The van der Waals surface area contributed by atoms with Crippen LogP contribution in [0.15, 0.2) is 0 Å². The van der Waals surface area contributed by atoms with Gasteiger partial charge in [-0.3, -0.25) is 4.79 Å². The second kappa shape index (κ2) is 5.55. The van der Waals surface area contributed by atoms with Crippen LogP contribution in [0.5, 0.6) is 0 Å². The average Bonchev–Trinajstić information content (AvgIpc) is 2.93. The highest BCUT2D eigenvalue weighted by atomic mass is 127. The van der Waals surface area contributed by atoms with E-state index in [9.17, 15) is 4.79 Å². The highest BCUT2D eigenvalue weighted by Gasteiger charge is 2.46. The molecule has 0 aromatic carbocycles. The Balaban J connectivity index is 1.82. The van der Waals surface area contributed by atoms with Gasteiger partial charge in [-0.15, -0.1) is 0 Å². The summed E-state index contributed by atoms with van der Waals surface area (Å²) in [5.41, 5.74) is 0. The molecule has 94 valence electrons. The molecule has 0 amide bonds. The summed E-state index contributed by atoms with van der Waals surface area (Å²) in [5, 5.41) is 9.05. The second-order valence-corrected chi connectivity index (χ2v) is 6.74. The zero-order valence-electron chi connectivity index (χ0n) is 10.1. The Morgan fingerprint density at radius 3 is 2.88 bits per heavy atom. The van der Waals surface area contributed by atoms with Crippen LogP contribution in [0.4, 0.5) is 0 Å². The van der Waals surface area contributed by atoms with Crippen LogP contribution in [0.1, 0.15) is 32.6 Å². The minimum Gasteiger partial charge on any atom is -0.465 e. The Hall–Kier alpha value is -0.310. The van der Waals surface area contributed by atoms with Gasteiger partial charge in [0.05, 0.1) is 12.7 Å². The fourth-order valence-corrected chi connectivity index (χ4v) is 3.46. The number of rotatable bonds is 4. The van der Waals surface area contributed by atoms with E-state index in [1.165, 1.54) is 6.42 Å². The summed E-state index contributed by atoms with van der Waals surface area (Å²) in [6.07, 6.45) is 4.20. The predicted octanol–water partition coefficient (Wildman–Crippen LogP) is 2.93. The molecular weight excluding hydrogens is 329 g/mol. The fraction of sp³-hybridized carbons (Fsp3) is 0.846. The molecule has 0 radical (unpaired) electrons. The number of nitrogens with zero attached hydrogens (tertiary/aromatic N) is 1. The molecular formula is C13H18INO2. The number of ether oxygens (including phenoxy) is 1. The van der Waals surface area contributed by atoms with Gasteiger partial charge in [0.2, 0.25) is 0 Å². The predicted molar refractivity (Wildman–Crippen MR) is 72.5 cm³/mol. The second-order valence-electron chi connectivity index (χ2n) is 5.24.